The molecule has 0 saturated carbocycles. The number of carbonyl (C=O) groups excluding carboxylic acids is 1. The highest BCUT2D eigenvalue weighted by Crippen LogP contribution is 2.29. The van der Waals surface area contributed by atoms with Crippen LogP contribution in [-0.2, 0) is 6.18 Å². The van der Waals surface area contributed by atoms with Crippen molar-refractivity contribution in [2.24, 2.45) is 0 Å². The summed E-state index contributed by atoms with van der Waals surface area (Å²) >= 11 is 0. The van der Waals surface area contributed by atoms with Crippen molar-refractivity contribution in [1.82, 2.24) is 9.97 Å². The molecule has 0 aliphatic rings. The van der Waals surface area contributed by atoms with Gasteiger partial charge in [-0.15, -0.1) is 0 Å². The number of benzene rings is 2. The lowest BCUT2D eigenvalue weighted by Gasteiger charge is -2.09. The zero-order valence-electron chi connectivity index (χ0n) is 15.1. The fourth-order valence-electron chi connectivity index (χ4n) is 2.41. The van der Waals surface area contributed by atoms with Crippen LogP contribution < -0.4 is 10.6 Å². The summed E-state index contributed by atoms with van der Waals surface area (Å²) in [5.74, 6) is -0.0978. The molecule has 8 heteroatoms. The van der Waals surface area contributed by atoms with Gasteiger partial charge in [0.05, 0.1) is 18.0 Å². The quantitative estimate of drug-likeness (QED) is 0.654. The summed E-state index contributed by atoms with van der Waals surface area (Å²) in [4.78, 5) is 20.4. The van der Waals surface area contributed by atoms with Gasteiger partial charge in [-0.25, -0.2) is 9.97 Å². The van der Waals surface area contributed by atoms with Crippen LogP contribution in [0.4, 0.5) is 30.4 Å². The molecule has 2 aromatic carbocycles. The Morgan fingerprint density at radius 2 is 1.57 bits per heavy atom. The Morgan fingerprint density at radius 1 is 0.893 bits per heavy atom. The maximum absolute atomic E-state index is 12.6. The van der Waals surface area contributed by atoms with Crippen LogP contribution in [-0.4, -0.2) is 15.9 Å². The third kappa shape index (κ3) is 4.64. The minimum Gasteiger partial charge on any atom is -0.339 e. The first-order valence-electron chi connectivity index (χ1n) is 8.37. The van der Waals surface area contributed by atoms with Gasteiger partial charge in [0.2, 0.25) is 0 Å². The van der Waals surface area contributed by atoms with Crippen molar-refractivity contribution in [3.05, 3.63) is 77.2 Å². The van der Waals surface area contributed by atoms with Gasteiger partial charge >= 0.3 is 6.18 Å². The van der Waals surface area contributed by atoms with E-state index >= 15 is 0 Å². The third-order valence-electron chi connectivity index (χ3n) is 4.13. The molecule has 1 heterocycles. The smallest absolute Gasteiger partial charge is 0.339 e. The van der Waals surface area contributed by atoms with E-state index < -0.39 is 17.6 Å². The molecule has 3 rings (SSSR count). The first kappa shape index (κ1) is 19.3. The minimum atomic E-state index is -4.42. The molecular formula is C20H17F3N4O. The minimum absolute atomic E-state index is 0.0468. The van der Waals surface area contributed by atoms with Crippen molar-refractivity contribution in [2.45, 2.75) is 20.0 Å². The predicted molar refractivity (Wildman–Crippen MR) is 101 cm³/mol. The second kappa shape index (κ2) is 7.67. The number of halogens is 3. The highest BCUT2D eigenvalue weighted by Gasteiger charge is 2.30. The first-order valence-corrected chi connectivity index (χ1v) is 8.37. The van der Waals surface area contributed by atoms with Crippen molar-refractivity contribution in [3.63, 3.8) is 0 Å². The Morgan fingerprint density at radius 3 is 2.14 bits per heavy atom. The number of aryl methyl sites for hydroxylation is 2. The van der Waals surface area contributed by atoms with Crippen molar-refractivity contribution in [1.29, 1.82) is 0 Å². The average Bonchev–Trinajstić information content (AvgIpc) is 2.65. The Bertz CT molecular complexity index is 984. The molecule has 0 spiro atoms. The largest absolute Gasteiger partial charge is 0.416 e. The summed E-state index contributed by atoms with van der Waals surface area (Å²) in [6.07, 6.45) is -1.72. The Balaban J connectivity index is 1.65. The molecule has 1 amide bonds. The molecule has 5 nitrogen and oxygen atoms in total. The summed E-state index contributed by atoms with van der Waals surface area (Å²) < 4.78 is 37.7. The molecule has 0 saturated heterocycles. The van der Waals surface area contributed by atoms with Gasteiger partial charge in [-0.3, -0.25) is 4.79 Å². The number of hydrogen-bond acceptors (Lipinski definition) is 4. The van der Waals surface area contributed by atoms with Gasteiger partial charge in [0.25, 0.3) is 5.91 Å². The number of hydrogen-bond donors (Lipinski definition) is 2. The van der Waals surface area contributed by atoms with E-state index in [1.807, 2.05) is 32.0 Å². The summed E-state index contributed by atoms with van der Waals surface area (Å²) in [7, 11) is 0. The first-order chi connectivity index (χ1) is 13.2. The number of rotatable bonds is 4. The molecule has 0 unspecified atom stereocenters. The molecule has 3 aromatic rings. The Kier molecular flexibility index (Phi) is 5.30. The molecule has 1 aromatic heterocycles. The number of alkyl halides is 3. The van der Waals surface area contributed by atoms with Crippen LogP contribution in [0.15, 0.2) is 54.9 Å². The van der Waals surface area contributed by atoms with Crippen molar-refractivity contribution >= 4 is 23.1 Å². The number of anilines is 3. The topological polar surface area (TPSA) is 66.9 Å². The molecule has 0 radical (unpaired) electrons. The van der Waals surface area contributed by atoms with Crippen molar-refractivity contribution in [2.75, 3.05) is 10.6 Å². The fraction of sp³-hybridized carbons (Fsp3) is 0.150. The van der Waals surface area contributed by atoms with Crippen molar-refractivity contribution in [3.8, 4) is 0 Å². The van der Waals surface area contributed by atoms with E-state index in [1.54, 1.807) is 0 Å². The second-order valence-electron chi connectivity index (χ2n) is 6.24. The second-order valence-corrected chi connectivity index (χ2v) is 6.24. The van der Waals surface area contributed by atoms with Gasteiger partial charge in [-0.2, -0.15) is 13.2 Å². The Labute approximate surface area is 159 Å². The summed E-state index contributed by atoms with van der Waals surface area (Å²) in [5.41, 5.74) is 2.64. The molecule has 0 aliphatic carbocycles. The van der Waals surface area contributed by atoms with E-state index in [4.69, 9.17) is 0 Å². The number of aromatic nitrogens is 2. The highest BCUT2D eigenvalue weighted by atomic mass is 19.4. The summed E-state index contributed by atoms with van der Waals surface area (Å²) in [6, 6.07) is 10.0. The SMILES string of the molecule is Cc1ccc(Nc2cnc(C(=O)Nc3ccc(C(F)(F)F)cc3)cn2)cc1C. The molecule has 144 valence electrons. The number of amides is 1. The zero-order valence-corrected chi connectivity index (χ0v) is 15.1. The van der Waals surface area contributed by atoms with Crippen LogP contribution in [0.1, 0.15) is 27.2 Å². The van der Waals surface area contributed by atoms with Crippen LogP contribution >= 0.6 is 0 Å². The standard InChI is InChI=1S/C20H17F3N4O/c1-12-3-6-16(9-13(12)2)26-18-11-24-17(10-25-18)19(28)27-15-7-4-14(5-8-15)20(21,22)23/h3-11H,1-2H3,(H,25,26)(H,27,28). The van der Waals surface area contributed by atoms with E-state index in [1.165, 1.54) is 30.1 Å². The summed E-state index contributed by atoms with van der Waals surface area (Å²) in [6.45, 7) is 4.02. The predicted octanol–water partition coefficient (Wildman–Crippen LogP) is 5.11. The number of nitrogens with one attached hydrogen (secondary N) is 2. The lowest BCUT2D eigenvalue weighted by Crippen LogP contribution is -2.14. The molecule has 0 bridgehead atoms. The molecule has 0 atom stereocenters. The van der Waals surface area contributed by atoms with E-state index in [9.17, 15) is 18.0 Å². The molecule has 0 fully saturated rings. The Hall–Kier alpha value is -3.42. The number of carbonyl (C=O) groups is 1. The van der Waals surface area contributed by atoms with Crippen LogP contribution in [0, 0.1) is 13.8 Å². The van der Waals surface area contributed by atoms with Gasteiger partial charge in [-0.05, 0) is 61.4 Å². The van der Waals surface area contributed by atoms with Gasteiger partial charge in [0.1, 0.15) is 11.5 Å². The fourth-order valence-corrected chi connectivity index (χ4v) is 2.41. The van der Waals surface area contributed by atoms with Crippen molar-refractivity contribution < 1.29 is 18.0 Å². The van der Waals surface area contributed by atoms with Gasteiger partial charge < -0.3 is 10.6 Å². The van der Waals surface area contributed by atoms with E-state index in [-0.39, 0.29) is 11.4 Å². The lowest BCUT2D eigenvalue weighted by molar-refractivity contribution is -0.137. The van der Waals surface area contributed by atoms with Crippen LogP contribution in [0.5, 0.6) is 0 Å². The normalized spacial score (nSPS) is 11.2. The van der Waals surface area contributed by atoms with Gasteiger partial charge in [-0.1, -0.05) is 6.07 Å². The zero-order chi connectivity index (χ0) is 20.3. The lowest BCUT2D eigenvalue weighted by atomic mass is 10.1. The van der Waals surface area contributed by atoms with E-state index in [0.717, 1.165) is 23.4 Å². The molecule has 28 heavy (non-hydrogen) atoms. The molecular weight excluding hydrogens is 369 g/mol. The molecule has 2 N–H and O–H groups in total. The monoisotopic (exact) mass is 386 g/mol. The average molecular weight is 386 g/mol. The van der Waals surface area contributed by atoms with Gasteiger partial charge in [0.15, 0.2) is 0 Å². The van der Waals surface area contributed by atoms with E-state index in [0.29, 0.717) is 5.82 Å². The van der Waals surface area contributed by atoms with Gasteiger partial charge in [0, 0.05) is 11.4 Å². The maximum Gasteiger partial charge on any atom is 0.416 e. The van der Waals surface area contributed by atoms with Crippen LogP contribution in [0.25, 0.3) is 0 Å². The molecule has 0 aliphatic heterocycles. The number of nitrogens with zero attached hydrogens (tertiary/aromatic N) is 2. The maximum atomic E-state index is 12.6. The van der Waals surface area contributed by atoms with Crippen LogP contribution in [0.2, 0.25) is 0 Å². The third-order valence-corrected chi connectivity index (χ3v) is 4.13. The van der Waals surface area contributed by atoms with Crippen LogP contribution in [0.3, 0.4) is 0 Å². The highest BCUT2D eigenvalue weighted by molar-refractivity contribution is 6.02. The van der Waals surface area contributed by atoms with E-state index in [2.05, 4.69) is 20.6 Å². The summed E-state index contributed by atoms with van der Waals surface area (Å²) in [5, 5.41) is 5.59.